The van der Waals surface area contributed by atoms with Gasteiger partial charge in [0.2, 0.25) is 5.56 Å². The molecule has 0 amide bonds. The lowest BCUT2D eigenvalue weighted by atomic mass is 9.90. The summed E-state index contributed by atoms with van der Waals surface area (Å²) in [7, 11) is 0. The Bertz CT molecular complexity index is 629. The standard InChI is InChI=1S/C15H17ClN2OS/c16-14-2-1-13(20-14)10-18-7-4-11(5-8-18)12-3-6-17-15(19)9-12/h1-3,6,9,11H,4-5,7-8,10H2,(H,17,19). The Labute approximate surface area is 127 Å². The average molecular weight is 309 g/mol. The predicted molar refractivity (Wildman–Crippen MR) is 83.6 cm³/mol. The average Bonchev–Trinajstić information content (AvgIpc) is 2.85. The van der Waals surface area contributed by atoms with Crippen LogP contribution in [0.3, 0.4) is 0 Å². The summed E-state index contributed by atoms with van der Waals surface area (Å²) < 4.78 is 0.860. The molecular formula is C15H17ClN2OS. The van der Waals surface area contributed by atoms with Gasteiger partial charge < -0.3 is 4.98 Å². The second kappa shape index (κ2) is 6.12. The van der Waals surface area contributed by atoms with Crippen molar-refractivity contribution in [1.29, 1.82) is 0 Å². The number of aromatic amines is 1. The molecule has 0 radical (unpaired) electrons. The maximum Gasteiger partial charge on any atom is 0.248 e. The molecule has 2 aromatic rings. The van der Waals surface area contributed by atoms with Gasteiger partial charge in [-0.3, -0.25) is 9.69 Å². The van der Waals surface area contributed by atoms with Gasteiger partial charge in [0.15, 0.2) is 0 Å². The van der Waals surface area contributed by atoms with Gasteiger partial charge in [0.25, 0.3) is 0 Å². The fraction of sp³-hybridized carbons (Fsp3) is 0.400. The molecule has 2 aromatic heterocycles. The molecule has 0 saturated carbocycles. The van der Waals surface area contributed by atoms with E-state index >= 15 is 0 Å². The highest BCUT2D eigenvalue weighted by atomic mass is 35.5. The van der Waals surface area contributed by atoms with Crippen LogP contribution in [0.25, 0.3) is 0 Å². The third kappa shape index (κ3) is 3.32. The molecule has 0 aliphatic carbocycles. The van der Waals surface area contributed by atoms with E-state index in [2.05, 4.69) is 16.0 Å². The first-order valence-corrected chi connectivity index (χ1v) is 8.05. The third-order valence-corrected chi connectivity index (χ3v) is 5.08. The van der Waals surface area contributed by atoms with Gasteiger partial charge in [-0.2, -0.15) is 0 Å². The van der Waals surface area contributed by atoms with Gasteiger partial charge in [0.1, 0.15) is 0 Å². The zero-order valence-corrected chi connectivity index (χ0v) is 12.7. The number of halogens is 1. The summed E-state index contributed by atoms with van der Waals surface area (Å²) in [6.07, 6.45) is 3.98. The zero-order valence-electron chi connectivity index (χ0n) is 11.1. The van der Waals surface area contributed by atoms with Crippen LogP contribution >= 0.6 is 22.9 Å². The highest BCUT2D eigenvalue weighted by molar-refractivity contribution is 7.16. The molecule has 0 bridgehead atoms. The number of likely N-dealkylation sites (tertiary alicyclic amines) is 1. The van der Waals surface area contributed by atoms with E-state index in [0.29, 0.717) is 5.92 Å². The number of pyridine rings is 1. The lowest BCUT2D eigenvalue weighted by Gasteiger charge is -2.31. The van der Waals surface area contributed by atoms with Crippen LogP contribution in [0, 0.1) is 0 Å². The van der Waals surface area contributed by atoms with E-state index in [1.807, 2.05) is 12.1 Å². The van der Waals surface area contributed by atoms with Crippen molar-refractivity contribution >= 4 is 22.9 Å². The minimum Gasteiger partial charge on any atom is -0.329 e. The number of aromatic nitrogens is 1. The van der Waals surface area contributed by atoms with Crippen molar-refractivity contribution < 1.29 is 0 Å². The van der Waals surface area contributed by atoms with Gasteiger partial charge >= 0.3 is 0 Å². The lowest BCUT2D eigenvalue weighted by molar-refractivity contribution is 0.206. The lowest BCUT2D eigenvalue weighted by Crippen LogP contribution is -2.32. The summed E-state index contributed by atoms with van der Waals surface area (Å²) in [6, 6.07) is 7.83. The second-order valence-corrected chi connectivity index (χ2v) is 7.04. The fourth-order valence-electron chi connectivity index (χ4n) is 2.80. The molecule has 1 aliphatic rings. The van der Waals surface area contributed by atoms with Crippen LogP contribution in [0.4, 0.5) is 0 Å². The molecule has 0 unspecified atom stereocenters. The van der Waals surface area contributed by atoms with E-state index in [4.69, 9.17) is 11.6 Å². The Hall–Kier alpha value is -1.10. The van der Waals surface area contributed by atoms with Gasteiger partial charge in [-0.05, 0) is 55.6 Å². The summed E-state index contributed by atoms with van der Waals surface area (Å²) in [4.78, 5) is 17.8. The minimum absolute atomic E-state index is 0.00171. The van der Waals surface area contributed by atoms with E-state index in [1.165, 1.54) is 10.4 Å². The molecule has 1 fully saturated rings. The van der Waals surface area contributed by atoms with Crippen molar-refractivity contribution in [3.63, 3.8) is 0 Å². The van der Waals surface area contributed by atoms with Crippen LogP contribution in [0.5, 0.6) is 0 Å². The summed E-state index contributed by atoms with van der Waals surface area (Å²) in [5.41, 5.74) is 1.17. The SMILES string of the molecule is O=c1cc(C2CCN(Cc3ccc(Cl)s3)CC2)cc[nH]1. The summed E-state index contributed by atoms with van der Waals surface area (Å²) >= 11 is 7.62. The van der Waals surface area contributed by atoms with Crippen molar-refractivity contribution in [2.45, 2.75) is 25.3 Å². The highest BCUT2D eigenvalue weighted by Gasteiger charge is 2.21. The van der Waals surface area contributed by atoms with Gasteiger partial charge in [-0.25, -0.2) is 0 Å². The summed E-state index contributed by atoms with van der Waals surface area (Å²) in [5, 5.41) is 0. The Morgan fingerprint density at radius 2 is 2.10 bits per heavy atom. The number of nitrogens with zero attached hydrogens (tertiary/aromatic N) is 1. The molecule has 3 heterocycles. The largest absolute Gasteiger partial charge is 0.329 e. The maximum absolute atomic E-state index is 11.4. The first-order valence-electron chi connectivity index (χ1n) is 6.86. The van der Waals surface area contributed by atoms with E-state index in [9.17, 15) is 4.79 Å². The number of hydrogen-bond donors (Lipinski definition) is 1. The Morgan fingerprint density at radius 3 is 2.75 bits per heavy atom. The van der Waals surface area contributed by atoms with Crippen LogP contribution in [0.1, 0.15) is 29.2 Å². The monoisotopic (exact) mass is 308 g/mol. The first-order chi connectivity index (χ1) is 9.70. The summed E-state index contributed by atoms with van der Waals surface area (Å²) in [6.45, 7) is 3.14. The molecule has 106 valence electrons. The summed E-state index contributed by atoms with van der Waals surface area (Å²) in [5.74, 6) is 0.514. The highest BCUT2D eigenvalue weighted by Crippen LogP contribution is 2.29. The minimum atomic E-state index is -0.00171. The molecule has 20 heavy (non-hydrogen) atoms. The van der Waals surface area contributed by atoms with Gasteiger partial charge in [0.05, 0.1) is 4.34 Å². The fourth-order valence-corrected chi connectivity index (χ4v) is 3.93. The first kappa shape index (κ1) is 13.9. The van der Waals surface area contributed by atoms with Crippen molar-refractivity contribution in [3.05, 3.63) is 55.6 Å². The van der Waals surface area contributed by atoms with Crippen molar-refractivity contribution in [3.8, 4) is 0 Å². The molecule has 0 aromatic carbocycles. The molecule has 1 aliphatic heterocycles. The normalized spacial score (nSPS) is 17.4. The number of thiophene rings is 1. The molecule has 0 spiro atoms. The molecule has 5 heteroatoms. The van der Waals surface area contributed by atoms with Crippen LogP contribution in [-0.2, 0) is 6.54 Å². The van der Waals surface area contributed by atoms with E-state index in [1.54, 1.807) is 23.6 Å². The molecule has 3 rings (SSSR count). The van der Waals surface area contributed by atoms with Gasteiger partial charge in [0, 0.05) is 23.7 Å². The van der Waals surface area contributed by atoms with Crippen LogP contribution < -0.4 is 5.56 Å². The second-order valence-electron chi connectivity index (χ2n) is 5.24. The molecule has 1 N–H and O–H groups in total. The van der Waals surface area contributed by atoms with Gasteiger partial charge in [-0.1, -0.05) is 11.6 Å². The van der Waals surface area contributed by atoms with E-state index < -0.39 is 0 Å². The van der Waals surface area contributed by atoms with E-state index in [-0.39, 0.29) is 5.56 Å². The number of rotatable bonds is 3. The smallest absolute Gasteiger partial charge is 0.248 e. The number of piperidine rings is 1. The number of nitrogens with one attached hydrogen (secondary N) is 1. The Morgan fingerprint density at radius 1 is 1.30 bits per heavy atom. The van der Waals surface area contributed by atoms with Crippen LogP contribution in [0.15, 0.2) is 35.3 Å². The molecular weight excluding hydrogens is 292 g/mol. The zero-order chi connectivity index (χ0) is 13.9. The Kier molecular flexibility index (Phi) is 4.24. The molecule has 3 nitrogen and oxygen atoms in total. The number of hydrogen-bond acceptors (Lipinski definition) is 3. The maximum atomic E-state index is 11.4. The Balaban J connectivity index is 1.58. The quantitative estimate of drug-likeness (QED) is 0.942. The van der Waals surface area contributed by atoms with Crippen molar-refractivity contribution in [2.75, 3.05) is 13.1 Å². The van der Waals surface area contributed by atoms with Crippen molar-refractivity contribution in [2.24, 2.45) is 0 Å². The topological polar surface area (TPSA) is 36.1 Å². The van der Waals surface area contributed by atoms with Gasteiger partial charge in [-0.15, -0.1) is 11.3 Å². The molecule has 0 atom stereocenters. The van der Waals surface area contributed by atoms with Crippen LogP contribution in [0.2, 0.25) is 4.34 Å². The third-order valence-electron chi connectivity index (χ3n) is 3.87. The van der Waals surface area contributed by atoms with Crippen molar-refractivity contribution in [1.82, 2.24) is 9.88 Å². The van der Waals surface area contributed by atoms with E-state index in [0.717, 1.165) is 36.8 Å². The van der Waals surface area contributed by atoms with Crippen LogP contribution in [-0.4, -0.2) is 23.0 Å². The number of H-pyrrole nitrogens is 1. The predicted octanol–water partition coefficient (Wildman–Crippen LogP) is 3.47. The molecule has 1 saturated heterocycles.